The first-order valence-corrected chi connectivity index (χ1v) is 8.13. The molecule has 2 aromatic rings. The van der Waals surface area contributed by atoms with E-state index in [1.807, 2.05) is 35.7 Å². The summed E-state index contributed by atoms with van der Waals surface area (Å²) in [6, 6.07) is 12.0. The van der Waals surface area contributed by atoms with Crippen LogP contribution in [0.3, 0.4) is 0 Å². The number of benzene rings is 1. The van der Waals surface area contributed by atoms with Gasteiger partial charge in [0, 0.05) is 22.7 Å². The normalized spacial score (nSPS) is 12.4. The maximum atomic E-state index is 12.4. The largest absolute Gasteiger partial charge is 0.330 e. The zero-order valence-corrected chi connectivity index (χ0v) is 13.3. The van der Waals surface area contributed by atoms with Crippen LogP contribution in [0.15, 0.2) is 41.8 Å². The van der Waals surface area contributed by atoms with Crippen molar-refractivity contribution in [1.29, 1.82) is 0 Å². The fraction of sp³-hybridized carbons (Fsp3) is 0.353. The molecule has 3 nitrogen and oxygen atoms in total. The van der Waals surface area contributed by atoms with Crippen molar-refractivity contribution in [3.63, 3.8) is 0 Å². The highest BCUT2D eigenvalue weighted by molar-refractivity contribution is 7.13. The zero-order valence-electron chi connectivity index (χ0n) is 12.5. The smallest absolute Gasteiger partial charge is 0.228 e. The second kappa shape index (κ2) is 7.38. The average molecular weight is 302 g/mol. The minimum absolute atomic E-state index is 0.00945. The number of thiophene rings is 1. The summed E-state index contributed by atoms with van der Waals surface area (Å²) < 4.78 is 0. The summed E-state index contributed by atoms with van der Waals surface area (Å²) in [6.45, 7) is 4.59. The first-order valence-electron chi connectivity index (χ1n) is 7.25. The van der Waals surface area contributed by atoms with Gasteiger partial charge in [-0.25, -0.2) is 0 Å². The Labute approximate surface area is 130 Å². The predicted octanol–water partition coefficient (Wildman–Crippen LogP) is 3.97. The van der Waals surface area contributed by atoms with Gasteiger partial charge >= 0.3 is 0 Å². The maximum Gasteiger partial charge on any atom is 0.228 e. The van der Waals surface area contributed by atoms with Crippen LogP contribution in [0.2, 0.25) is 0 Å². The standard InChI is InChI=1S/C17H22N2OS/c1-12(2)10-13(11-18)17(20)19-15-7-4-3-6-14(15)16-8-5-9-21-16/h3-9,12-13H,10-11,18H2,1-2H3,(H,19,20). The van der Waals surface area contributed by atoms with E-state index in [9.17, 15) is 4.79 Å². The molecule has 112 valence electrons. The fourth-order valence-electron chi connectivity index (χ4n) is 2.35. The van der Waals surface area contributed by atoms with E-state index < -0.39 is 0 Å². The number of hydrogen-bond donors (Lipinski definition) is 2. The third-order valence-corrected chi connectivity index (χ3v) is 4.29. The van der Waals surface area contributed by atoms with E-state index in [0.29, 0.717) is 12.5 Å². The Hall–Kier alpha value is -1.65. The van der Waals surface area contributed by atoms with Gasteiger partial charge in [-0.05, 0) is 29.9 Å². The van der Waals surface area contributed by atoms with Crippen LogP contribution < -0.4 is 11.1 Å². The lowest BCUT2D eigenvalue weighted by molar-refractivity contribution is -0.120. The summed E-state index contributed by atoms with van der Waals surface area (Å²) in [5, 5.41) is 5.08. The zero-order chi connectivity index (χ0) is 15.2. The molecule has 1 heterocycles. The summed E-state index contributed by atoms with van der Waals surface area (Å²) in [6.07, 6.45) is 0.809. The number of nitrogens with one attached hydrogen (secondary N) is 1. The lowest BCUT2D eigenvalue weighted by Gasteiger charge is -2.18. The monoisotopic (exact) mass is 302 g/mol. The summed E-state index contributed by atoms with van der Waals surface area (Å²) in [5.74, 6) is 0.327. The lowest BCUT2D eigenvalue weighted by atomic mass is 9.96. The molecule has 0 aliphatic carbocycles. The van der Waals surface area contributed by atoms with E-state index in [2.05, 4.69) is 25.2 Å². The van der Waals surface area contributed by atoms with E-state index in [0.717, 1.165) is 22.5 Å². The molecular weight excluding hydrogens is 280 g/mol. The van der Waals surface area contributed by atoms with Crippen molar-refractivity contribution in [2.75, 3.05) is 11.9 Å². The Bertz CT molecular complexity index is 578. The summed E-state index contributed by atoms with van der Waals surface area (Å²) >= 11 is 1.67. The molecule has 0 spiro atoms. The van der Waals surface area contributed by atoms with Crippen LogP contribution in [0.25, 0.3) is 10.4 Å². The molecule has 2 rings (SSSR count). The van der Waals surface area contributed by atoms with Crippen molar-refractivity contribution < 1.29 is 4.79 Å². The molecule has 0 saturated carbocycles. The minimum Gasteiger partial charge on any atom is -0.330 e. The molecule has 0 bridgehead atoms. The van der Waals surface area contributed by atoms with Gasteiger partial charge in [0.25, 0.3) is 0 Å². The molecule has 21 heavy (non-hydrogen) atoms. The Kier molecular flexibility index (Phi) is 5.53. The van der Waals surface area contributed by atoms with Gasteiger partial charge in [-0.2, -0.15) is 0 Å². The number of carbonyl (C=O) groups excluding carboxylic acids is 1. The van der Waals surface area contributed by atoms with E-state index in [-0.39, 0.29) is 11.8 Å². The van der Waals surface area contributed by atoms with Crippen LogP contribution in [-0.4, -0.2) is 12.5 Å². The number of amides is 1. The summed E-state index contributed by atoms with van der Waals surface area (Å²) in [7, 11) is 0. The molecule has 0 radical (unpaired) electrons. The van der Waals surface area contributed by atoms with Gasteiger partial charge in [0.2, 0.25) is 5.91 Å². The first-order chi connectivity index (χ1) is 10.1. The Balaban J connectivity index is 2.18. The van der Waals surface area contributed by atoms with Crippen molar-refractivity contribution in [1.82, 2.24) is 0 Å². The fourth-order valence-corrected chi connectivity index (χ4v) is 3.12. The minimum atomic E-state index is -0.138. The predicted molar refractivity (Wildman–Crippen MR) is 90.4 cm³/mol. The van der Waals surface area contributed by atoms with E-state index in [1.165, 1.54) is 0 Å². The molecule has 1 amide bonds. The Morgan fingerprint density at radius 1 is 1.24 bits per heavy atom. The van der Waals surface area contributed by atoms with Crippen LogP contribution in [-0.2, 0) is 4.79 Å². The first kappa shape index (κ1) is 15.7. The van der Waals surface area contributed by atoms with E-state index in [4.69, 9.17) is 5.73 Å². The highest BCUT2D eigenvalue weighted by Gasteiger charge is 2.19. The van der Waals surface area contributed by atoms with Gasteiger partial charge < -0.3 is 11.1 Å². The topological polar surface area (TPSA) is 55.1 Å². The quantitative estimate of drug-likeness (QED) is 0.848. The number of para-hydroxylation sites is 1. The molecule has 0 aliphatic rings. The van der Waals surface area contributed by atoms with Crippen molar-refractivity contribution >= 4 is 22.9 Å². The van der Waals surface area contributed by atoms with E-state index >= 15 is 0 Å². The third kappa shape index (κ3) is 4.16. The van der Waals surface area contributed by atoms with Crippen LogP contribution in [0.1, 0.15) is 20.3 Å². The second-order valence-electron chi connectivity index (χ2n) is 5.57. The van der Waals surface area contributed by atoms with Crippen molar-refractivity contribution in [3.8, 4) is 10.4 Å². The molecule has 3 N–H and O–H groups in total. The molecule has 0 aliphatic heterocycles. The van der Waals surface area contributed by atoms with Crippen LogP contribution >= 0.6 is 11.3 Å². The van der Waals surface area contributed by atoms with Gasteiger partial charge in [-0.3, -0.25) is 4.79 Å². The summed E-state index contributed by atoms with van der Waals surface area (Å²) in [4.78, 5) is 13.6. The van der Waals surface area contributed by atoms with Gasteiger partial charge in [0.05, 0.1) is 5.92 Å². The highest BCUT2D eigenvalue weighted by atomic mass is 32.1. The number of anilines is 1. The summed E-state index contributed by atoms with van der Waals surface area (Å²) in [5.41, 5.74) is 7.66. The average Bonchev–Trinajstić information content (AvgIpc) is 2.99. The number of carbonyl (C=O) groups is 1. The van der Waals surface area contributed by atoms with Crippen LogP contribution in [0, 0.1) is 11.8 Å². The Morgan fingerprint density at radius 2 is 2.00 bits per heavy atom. The third-order valence-electron chi connectivity index (χ3n) is 3.38. The molecular formula is C17H22N2OS. The SMILES string of the molecule is CC(C)CC(CN)C(=O)Nc1ccccc1-c1cccs1. The number of nitrogens with two attached hydrogens (primary N) is 1. The molecule has 0 saturated heterocycles. The molecule has 1 aromatic heterocycles. The maximum absolute atomic E-state index is 12.4. The molecule has 1 unspecified atom stereocenters. The molecule has 0 fully saturated rings. The van der Waals surface area contributed by atoms with Gasteiger partial charge in [0.1, 0.15) is 0 Å². The van der Waals surface area contributed by atoms with Crippen molar-refractivity contribution in [3.05, 3.63) is 41.8 Å². The van der Waals surface area contributed by atoms with Crippen molar-refractivity contribution in [2.45, 2.75) is 20.3 Å². The van der Waals surface area contributed by atoms with Crippen molar-refractivity contribution in [2.24, 2.45) is 17.6 Å². The van der Waals surface area contributed by atoms with Gasteiger partial charge in [0.15, 0.2) is 0 Å². The van der Waals surface area contributed by atoms with E-state index in [1.54, 1.807) is 11.3 Å². The highest BCUT2D eigenvalue weighted by Crippen LogP contribution is 2.31. The van der Waals surface area contributed by atoms with Gasteiger partial charge in [-0.1, -0.05) is 38.1 Å². The Morgan fingerprint density at radius 3 is 2.62 bits per heavy atom. The molecule has 1 aromatic carbocycles. The second-order valence-corrected chi connectivity index (χ2v) is 6.52. The number of rotatable bonds is 6. The van der Waals surface area contributed by atoms with Gasteiger partial charge in [-0.15, -0.1) is 11.3 Å². The van der Waals surface area contributed by atoms with Crippen LogP contribution in [0.5, 0.6) is 0 Å². The molecule has 4 heteroatoms. The lowest BCUT2D eigenvalue weighted by Crippen LogP contribution is -2.30. The van der Waals surface area contributed by atoms with Crippen LogP contribution in [0.4, 0.5) is 5.69 Å². The number of hydrogen-bond acceptors (Lipinski definition) is 3. The molecule has 1 atom stereocenters.